The summed E-state index contributed by atoms with van der Waals surface area (Å²) in [7, 11) is 0. The molecule has 0 amide bonds. The molecule has 3 rings (SSSR count). The number of carbonyl (C=O) groups is 1. The zero-order valence-corrected chi connectivity index (χ0v) is 11.2. The van der Waals surface area contributed by atoms with E-state index >= 15 is 0 Å². The first-order valence-electron chi connectivity index (χ1n) is 6.61. The Morgan fingerprint density at radius 2 is 1.89 bits per heavy atom. The number of nitrogens with one attached hydrogen (secondary N) is 1. The van der Waals surface area contributed by atoms with Gasteiger partial charge in [0, 0.05) is 17.7 Å². The van der Waals surface area contributed by atoms with Gasteiger partial charge in [0.1, 0.15) is 0 Å². The van der Waals surface area contributed by atoms with Crippen molar-refractivity contribution < 1.29 is 4.79 Å². The molecular formula is C17H17NO. The van der Waals surface area contributed by atoms with Gasteiger partial charge in [0.25, 0.3) is 0 Å². The minimum Gasteiger partial charge on any atom is -0.374 e. The first-order valence-corrected chi connectivity index (χ1v) is 6.61. The Kier molecular flexibility index (Phi) is 2.86. The molecule has 1 unspecified atom stereocenters. The van der Waals surface area contributed by atoms with E-state index in [1.165, 1.54) is 16.7 Å². The summed E-state index contributed by atoms with van der Waals surface area (Å²) in [6.07, 6.45) is 0.780. The van der Waals surface area contributed by atoms with Crippen LogP contribution in [0.15, 0.2) is 42.5 Å². The number of benzene rings is 2. The minimum atomic E-state index is -0.125. The van der Waals surface area contributed by atoms with Gasteiger partial charge >= 0.3 is 0 Å². The minimum absolute atomic E-state index is 0.125. The number of anilines is 1. The summed E-state index contributed by atoms with van der Waals surface area (Å²) in [5, 5.41) is 3.32. The quantitative estimate of drug-likeness (QED) is 0.827. The van der Waals surface area contributed by atoms with Crippen LogP contribution < -0.4 is 5.32 Å². The van der Waals surface area contributed by atoms with E-state index in [0.29, 0.717) is 0 Å². The molecule has 2 aromatic rings. The Balaban J connectivity index is 1.85. The van der Waals surface area contributed by atoms with Crippen LogP contribution in [-0.4, -0.2) is 11.8 Å². The van der Waals surface area contributed by atoms with Crippen molar-refractivity contribution in [3.63, 3.8) is 0 Å². The average Bonchev–Trinajstić information content (AvgIpc) is 2.85. The largest absolute Gasteiger partial charge is 0.374 e. The molecule has 1 aliphatic rings. The van der Waals surface area contributed by atoms with Crippen LogP contribution in [0, 0.1) is 13.8 Å². The average molecular weight is 251 g/mol. The first-order chi connectivity index (χ1) is 9.15. The molecule has 1 atom stereocenters. The third-order valence-corrected chi connectivity index (χ3v) is 3.88. The van der Waals surface area contributed by atoms with Gasteiger partial charge in [-0.15, -0.1) is 0 Å². The molecule has 0 aliphatic carbocycles. The van der Waals surface area contributed by atoms with Gasteiger partial charge in [-0.05, 0) is 42.7 Å². The number of hydrogen-bond donors (Lipinski definition) is 1. The van der Waals surface area contributed by atoms with Gasteiger partial charge in [0.2, 0.25) is 0 Å². The van der Waals surface area contributed by atoms with Crippen molar-refractivity contribution in [3.05, 3.63) is 64.7 Å². The molecule has 0 aromatic heterocycles. The highest BCUT2D eigenvalue weighted by Gasteiger charge is 2.27. The van der Waals surface area contributed by atoms with E-state index < -0.39 is 0 Å². The fourth-order valence-corrected chi connectivity index (χ4v) is 2.55. The predicted octanol–water partition coefficient (Wildman–Crippen LogP) is 3.52. The van der Waals surface area contributed by atoms with Crippen LogP contribution >= 0.6 is 0 Å². The number of para-hydroxylation sites is 1. The highest BCUT2D eigenvalue weighted by atomic mass is 16.1. The second-order valence-corrected chi connectivity index (χ2v) is 5.22. The van der Waals surface area contributed by atoms with Crippen LogP contribution in [0.3, 0.4) is 0 Å². The van der Waals surface area contributed by atoms with E-state index in [0.717, 1.165) is 17.7 Å². The predicted molar refractivity (Wildman–Crippen MR) is 77.8 cm³/mol. The van der Waals surface area contributed by atoms with Crippen LogP contribution in [0.2, 0.25) is 0 Å². The van der Waals surface area contributed by atoms with Crippen molar-refractivity contribution in [1.29, 1.82) is 0 Å². The van der Waals surface area contributed by atoms with Gasteiger partial charge in [-0.1, -0.05) is 30.3 Å². The van der Waals surface area contributed by atoms with Gasteiger partial charge in [-0.2, -0.15) is 0 Å². The molecule has 0 saturated carbocycles. The Morgan fingerprint density at radius 1 is 1.11 bits per heavy atom. The molecule has 0 radical (unpaired) electrons. The Bertz CT molecular complexity index is 620. The molecule has 19 heavy (non-hydrogen) atoms. The lowest BCUT2D eigenvalue weighted by molar-refractivity contribution is 0.0971. The Hall–Kier alpha value is -2.09. The fraction of sp³-hybridized carbons (Fsp3) is 0.235. The number of rotatable bonds is 2. The number of aryl methyl sites for hydroxylation is 2. The molecule has 2 heteroatoms. The molecule has 1 heterocycles. The lowest BCUT2D eigenvalue weighted by Gasteiger charge is -2.11. The monoisotopic (exact) mass is 251 g/mol. The van der Waals surface area contributed by atoms with Crippen molar-refractivity contribution in [1.82, 2.24) is 0 Å². The summed E-state index contributed by atoms with van der Waals surface area (Å²) in [6, 6.07) is 13.9. The van der Waals surface area contributed by atoms with E-state index in [1.807, 2.05) is 43.3 Å². The zero-order valence-electron chi connectivity index (χ0n) is 11.2. The van der Waals surface area contributed by atoms with Gasteiger partial charge in [-0.3, -0.25) is 4.79 Å². The van der Waals surface area contributed by atoms with E-state index in [9.17, 15) is 4.79 Å². The fourth-order valence-electron chi connectivity index (χ4n) is 2.55. The maximum atomic E-state index is 12.5. The van der Waals surface area contributed by atoms with Gasteiger partial charge in [0.05, 0.1) is 6.04 Å². The highest BCUT2D eigenvalue weighted by molar-refractivity contribution is 6.03. The van der Waals surface area contributed by atoms with Crippen LogP contribution in [0.4, 0.5) is 5.69 Å². The van der Waals surface area contributed by atoms with Crippen molar-refractivity contribution in [2.75, 3.05) is 5.32 Å². The maximum absolute atomic E-state index is 12.5. The van der Waals surface area contributed by atoms with Crippen molar-refractivity contribution in [3.8, 4) is 0 Å². The lowest BCUT2D eigenvalue weighted by atomic mass is 9.98. The van der Waals surface area contributed by atoms with Gasteiger partial charge < -0.3 is 5.32 Å². The smallest absolute Gasteiger partial charge is 0.185 e. The Morgan fingerprint density at radius 3 is 2.63 bits per heavy atom. The molecule has 96 valence electrons. The van der Waals surface area contributed by atoms with E-state index in [-0.39, 0.29) is 11.8 Å². The molecule has 0 fully saturated rings. The van der Waals surface area contributed by atoms with Crippen LogP contribution in [-0.2, 0) is 6.42 Å². The Labute approximate surface area is 113 Å². The number of ketones is 1. The standard InChI is InChI=1S/C17H17NO/c1-11-7-8-14(9-12(11)2)17(19)16-10-13-5-3-4-6-15(13)18-16/h3-9,16,18H,10H2,1-2H3. The SMILES string of the molecule is Cc1ccc(C(=O)C2Cc3ccccc3N2)cc1C. The molecule has 2 nitrogen and oxygen atoms in total. The number of carbonyl (C=O) groups excluding carboxylic acids is 1. The summed E-state index contributed by atoms with van der Waals surface area (Å²) < 4.78 is 0. The van der Waals surface area contributed by atoms with Crippen molar-refractivity contribution in [2.45, 2.75) is 26.3 Å². The summed E-state index contributed by atoms with van der Waals surface area (Å²) in [5.74, 6) is 0.180. The van der Waals surface area contributed by atoms with E-state index in [4.69, 9.17) is 0 Å². The second kappa shape index (κ2) is 4.54. The molecule has 0 saturated heterocycles. The molecule has 2 aromatic carbocycles. The summed E-state index contributed by atoms with van der Waals surface area (Å²) in [5.41, 5.74) is 5.50. The second-order valence-electron chi connectivity index (χ2n) is 5.22. The maximum Gasteiger partial charge on any atom is 0.185 e. The third kappa shape index (κ3) is 2.14. The normalized spacial score (nSPS) is 16.8. The topological polar surface area (TPSA) is 29.1 Å². The molecular weight excluding hydrogens is 234 g/mol. The number of Topliss-reactive ketones (excluding diaryl/α,β-unsaturated/α-hetero) is 1. The number of fused-ring (bicyclic) bond motifs is 1. The van der Waals surface area contributed by atoms with Crippen molar-refractivity contribution in [2.24, 2.45) is 0 Å². The van der Waals surface area contributed by atoms with Crippen LogP contribution in [0.5, 0.6) is 0 Å². The van der Waals surface area contributed by atoms with E-state index in [1.54, 1.807) is 0 Å². The molecule has 0 spiro atoms. The van der Waals surface area contributed by atoms with E-state index in [2.05, 4.69) is 18.3 Å². The first kappa shape index (κ1) is 12.0. The zero-order chi connectivity index (χ0) is 13.4. The summed E-state index contributed by atoms with van der Waals surface area (Å²) in [6.45, 7) is 4.11. The highest BCUT2D eigenvalue weighted by Crippen LogP contribution is 2.27. The van der Waals surface area contributed by atoms with Crippen LogP contribution in [0.1, 0.15) is 27.0 Å². The number of hydrogen-bond acceptors (Lipinski definition) is 2. The molecule has 0 bridgehead atoms. The molecule has 1 aliphatic heterocycles. The van der Waals surface area contributed by atoms with Crippen molar-refractivity contribution >= 4 is 11.5 Å². The van der Waals surface area contributed by atoms with Gasteiger partial charge in [-0.25, -0.2) is 0 Å². The third-order valence-electron chi connectivity index (χ3n) is 3.88. The lowest BCUT2D eigenvalue weighted by Crippen LogP contribution is -2.27. The summed E-state index contributed by atoms with van der Waals surface area (Å²) in [4.78, 5) is 12.5. The van der Waals surface area contributed by atoms with Crippen LogP contribution in [0.25, 0.3) is 0 Å². The molecule has 1 N–H and O–H groups in total. The summed E-state index contributed by atoms with van der Waals surface area (Å²) >= 11 is 0. The van der Waals surface area contributed by atoms with Gasteiger partial charge in [0.15, 0.2) is 5.78 Å².